The molecule has 0 spiro atoms. The average Bonchev–Trinajstić information content (AvgIpc) is 2.19. The van der Waals surface area contributed by atoms with E-state index in [2.05, 4.69) is 0 Å². The van der Waals surface area contributed by atoms with E-state index in [-0.39, 0.29) is 6.29 Å². The van der Waals surface area contributed by atoms with Gasteiger partial charge in [-0.1, -0.05) is 30.3 Å². The van der Waals surface area contributed by atoms with Crippen LogP contribution in [0.1, 0.15) is 26.3 Å². The van der Waals surface area contributed by atoms with Crippen molar-refractivity contribution < 1.29 is 9.47 Å². The number of rotatable bonds is 5. The summed E-state index contributed by atoms with van der Waals surface area (Å²) in [7, 11) is 0. The molecule has 0 aliphatic rings. The molecule has 0 radical (unpaired) electrons. The summed E-state index contributed by atoms with van der Waals surface area (Å²) in [5, 5.41) is 0. The third kappa shape index (κ3) is 4.66. The molecule has 0 fully saturated rings. The first kappa shape index (κ1) is 11.8. The minimum atomic E-state index is -0.185. The van der Waals surface area contributed by atoms with E-state index in [1.54, 1.807) is 0 Å². The van der Waals surface area contributed by atoms with E-state index < -0.39 is 0 Å². The molecule has 1 aromatic carbocycles. The predicted octanol–water partition coefficient (Wildman–Crippen LogP) is 3.45. The molecule has 0 aliphatic heterocycles. The number of ether oxygens (including phenoxy) is 2. The molecular formula is C13H18O2. The highest BCUT2D eigenvalue weighted by atomic mass is 16.7. The van der Waals surface area contributed by atoms with Crippen LogP contribution in [0, 0.1) is 0 Å². The molecule has 1 rings (SSSR count). The van der Waals surface area contributed by atoms with Crippen molar-refractivity contribution >= 4 is 6.08 Å². The van der Waals surface area contributed by atoms with Gasteiger partial charge in [0.05, 0.1) is 5.76 Å². The highest BCUT2D eigenvalue weighted by Gasteiger charge is 2.00. The minimum Gasteiger partial charge on any atom is -0.470 e. The van der Waals surface area contributed by atoms with Crippen LogP contribution in [0.15, 0.2) is 36.1 Å². The van der Waals surface area contributed by atoms with Crippen molar-refractivity contribution in [3.8, 4) is 0 Å². The van der Waals surface area contributed by atoms with Crippen molar-refractivity contribution in [1.29, 1.82) is 0 Å². The summed E-state index contributed by atoms with van der Waals surface area (Å²) in [5.74, 6) is 0.863. The molecular weight excluding hydrogens is 188 g/mol. The summed E-state index contributed by atoms with van der Waals surface area (Å²) in [5.41, 5.74) is 1.14. The molecule has 0 N–H and O–H groups in total. The number of hydrogen-bond acceptors (Lipinski definition) is 2. The van der Waals surface area contributed by atoms with Crippen LogP contribution in [0.4, 0.5) is 0 Å². The molecule has 1 unspecified atom stereocenters. The molecule has 2 heteroatoms. The molecule has 15 heavy (non-hydrogen) atoms. The van der Waals surface area contributed by atoms with Crippen LogP contribution in [-0.4, -0.2) is 12.9 Å². The maximum Gasteiger partial charge on any atom is 0.196 e. The summed E-state index contributed by atoms with van der Waals surface area (Å²) in [6, 6.07) is 10.1. The quantitative estimate of drug-likeness (QED) is 0.542. The zero-order valence-electron chi connectivity index (χ0n) is 9.57. The van der Waals surface area contributed by atoms with E-state index in [1.807, 2.05) is 57.2 Å². The fourth-order valence-corrected chi connectivity index (χ4v) is 1.35. The maximum atomic E-state index is 5.53. The Bertz CT molecular complexity index is 304. The normalized spacial score (nSPS) is 13.7. The van der Waals surface area contributed by atoms with Crippen LogP contribution >= 0.6 is 0 Å². The number of hydrogen-bond donors (Lipinski definition) is 0. The molecule has 2 nitrogen and oxygen atoms in total. The zero-order chi connectivity index (χ0) is 11.1. The molecule has 1 atom stereocenters. The average molecular weight is 206 g/mol. The van der Waals surface area contributed by atoms with Gasteiger partial charge in [-0.2, -0.15) is 0 Å². The van der Waals surface area contributed by atoms with Crippen LogP contribution in [0.2, 0.25) is 0 Å². The lowest BCUT2D eigenvalue weighted by Gasteiger charge is -2.14. The largest absolute Gasteiger partial charge is 0.470 e. The fourth-order valence-electron chi connectivity index (χ4n) is 1.35. The van der Waals surface area contributed by atoms with Gasteiger partial charge in [0.1, 0.15) is 0 Å². The number of allylic oxidation sites excluding steroid dienone is 1. The minimum absolute atomic E-state index is 0.185. The van der Waals surface area contributed by atoms with Gasteiger partial charge >= 0.3 is 0 Å². The Kier molecular flexibility index (Phi) is 4.91. The first-order valence-corrected chi connectivity index (χ1v) is 5.24. The van der Waals surface area contributed by atoms with Crippen LogP contribution in [0.25, 0.3) is 6.08 Å². The van der Waals surface area contributed by atoms with Gasteiger partial charge in [0.15, 0.2) is 6.29 Å². The second kappa shape index (κ2) is 6.25. The van der Waals surface area contributed by atoms with Gasteiger partial charge in [0.25, 0.3) is 0 Å². The third-order valence-electron chi connectivity index (χ3n) is 1.92. The summed E-state index contributed by atoms with van der Waals surface area (Å²) < 4.78 is 10.8. The maximum absolute atomic E-state index is 5.53. The van der Waals surface area contributed by atoms with E-state index in [4.69, 9.17) is 9.47 Å². The number of benzene rings is 1. The lowest BCUT2D eigenvalue weighted by atomic mass is 10.2. The lowest BCUT2D eigenvalue weighted by Crippen LogP contribution is -2.11. The van der Waals surface area contributed by atoms with E-state index in [1.165, 1.54) is 0 Å². The predicted molar refractivity (Wildman–Crippen MR) is 62.3 cm³/mol. The molecule has 0 aromatic heterocycles. The van der Waals surface area contributed by atoms with Gasteiger partial charge in [-0.3, -0.25) is 0 Å². The second-order valence-electron chi connectivity index (χ2n) is 3.31. The first-order chi connectivity index (χ1) is 7.22. The van der Waals surface area contributed by atoms with Crippen molar-refractivity contribution in [3.63, 3.8) is 0 Å². The van der Waals surface area contributed by atoms with Gasteiger partial charge in [0, 0.05) is 6.61 Å². The van der Waals surface area contributed by atoms with Gasteiger partial charge in [-0.05, 0) is 32.4 Å². The topological polar surface area (TPSA) is 18.5 Å². The van der Waals surface area contributed by atoms with E-state index in [0.717, 1.165) is 11.3 Å². The smallest absolute Gasteiger partial charge is 0.196 e. The molecule has 0 bridgehead atoms. The van der Waals surface area contributed by atoms with E-state index in [0.29, 0.717) is 6.61 Å². The Hall–Kier alpha value is -1.28. The monoisotopic (exact) mass is 206 g/mol. The summed E-state index contributed by atoms with van der Waals surface area (Å²) >= 11 is 0. The SMILES string of the molecule is CCOC(C)OC(C)=Cc1ccccc1. The second-order valence-corrected chi connectivity index (χ2v) is 3.31. The van der Waals surface area contributed by atoms with E-state index >= 15 is 0 Å². The Morgan fingerprint density at radius 2 is 2.00 bits per heavy atom. The Morgan fingerprint density at radius 3 is 2.60 bits per heavy atom. The summed E-state index contributed by atoms with van der Waals surface area (Å²) in [6.45, 7) is 6.45. The summed E-state index contributed by atoms with van der Waals surface area (Å²) in [4.78, 5) is 0. The van der Waals surface area contributed by atoms with Gasteiger partial charge in [-0.15, -0.1) is 0 Å². The Balaban J connectivity index is 2.53. The fraction of sp³-hybridized carbons (Fsp3) is 0.385. The molecule has 0 saturated heterocycles. The first-order valence-electron chi connectivity index (χ1n) is 5.24. The van der Waals surface area contributed by atoms with Crippen LogP contribution in [0.3, 0.4) is 0 Å². The van der Waals surface area contributed by atoms with Crippen LogP contribution in [-0.2, 0) is 9.47 Å². The van der Waals surface area contributed by atoms with Crippen LogP contribution < -0.4 is 0 Å². The standard InChI is InChI=1S/C13H18O2/c1-4-14-12(3)15-11(2)10-13-8-6-5-7-9-13/h5-10,12H,4H2,1-3H3. The van der Waals surface area contributed by atoms with Gasteiger partial charge < -0.3 is 9.47 Å². The van der Waals surface area contributed by atoms with Gasteiger partial charge in [0.2, 0.25) is 0 Å². The van der Waals surface area contributed by atoms with E-state index in [9.17, 15) is 0 Å². The zero-order valence-corrected chi connectivity index (χ0v) is 9.57. The lowest BCUT2D eigenvalue weighted by molar-refractivity contribution is -0.0975. The highest BCUT2D eigenvalue weighted by molar-refractivity contribution is 5.50. The molecule has 0 heterocycles. The van der Waals surface area contributed by atoms with Crippen molar-refractivity contribution in [3.05, 3.63) is 41.7 Å². The molecule has 0 saturated carbocycles. The van der Waals surface area contributed by atoms with Gasteiger partial charge in [-0.25, -0.2) is 0 Å². The van der Waals surface area contributed by atoms with Crippen molar-refractivity contribution in [2.45, 2.75) is 27.1 Å². The summed E-state index contributed by atoms with van der Waals surface area (Å²) in [6.07, 6.45) is 1.81. The third-order valence-corrected chi connectivity index (χ3v) is 1.92. The van der Waals surface area contributed by atoms with Crippen molar-refractivity contribution in [2.75, 3.05) is 6.61 Å². The highest BCUT2D eigenvalue weighted by Crippen LogP contribution is 2.09. The molecule has 82 valence electrons. The Labute approximate surface area is 91.5 Å². The molecule has 0 amide bonds. The van der Waals surface area contributed by atoms with Crippen molar-refractivity contribution in [1.82, 2.24) is 0 Å². The van der Waals surface area contributed by atoms with Crippen LogP contribution in [0.5, 0.6) is 0 Å². The Morgan fingerprint density at radius 1 is 1.33 bits per heavy atom. The van der Waals surface area contributed by atoms with Crippen molar-refractivity contribution in [2.24, 2.45) is 0 Å². The molecule has 1 aromatic rings. The molecule has 0 aliphatic carbocycles.